The van der Waals surface area contributed by atoms with E-state index in [2.05, 4.69) is 29.4 Å². The lowest BCUT2D eigenvalue weighted by molar-refractivity contribution is 0.325. The third-order valence-corrected chi connectivity index (χ3v) is 4.61. The van der Waals surface area contributed by atoms with Gasteiger partial charge in [-0.3, -0.25) is 9.59 Å². The normalized spacial score (nSPS) is 11.2. The lowest BCUT2D eigenvalue weighted by atomic mass is 9.98. The van der Waals surface area contributed by atoms with Crippen LogP contribution in [0.4, 0.5) is 5.69 Å². The molecule has 0 saturated heterocycles. The fourth-order valence-corrected chi connectivity index (χ4v) is 3.11. The van der Waals surface area contributed by atoms with Gasteiger partial charge in [0, 0.05) is 18.1 Å². The maximum atomic E-state index is 11.9. The molecule has 0 atom stereocenters. The molecule has 0 spiro atoms. The average molecular weight is 369 g/mol. The highest BCUT2D eigenvalue weighted by atomic mass is 35.5. The number of nitrogens with one attached hydrogen (secondary N) is 1. The molecule has 134 valence electrons. The van der Waals surface area contributed by atoms with Crippen LogP contribution < -0.4 is 16.2 Å². The summed E-state index contributed by atoms with van der Waals surface area (Å²) in [6.07, 6.45) is 0.877. The number of anilines is 1. The van der Waals surface area contributed by atoms with Crippen molar-refractivity contribution in [1.29, 1.82) is 0 Å². The molecule has 4 nitrogen and oxygen atoms in total. The molecule has 1 N–H and O–H groups in total. The molecule has 0 fully saturated rings. The van der Waals surface area contributed by atoms with E-state index in [0.29, 0.717) is 22.8 Å². The Labute approximate surface area is 157 Å². The van der Waals surface area contributed by atoms with E-state index in [1.807, 2.05) is 18.2 Å². The van der Waals surface area contributed by atoms with Gasteiger partial charge in [0.25, 0.3) is 0 Å². The van der Waals surface area contributed by atoms with E-state index in [4.69, 9.17) is 11.6 Å². The summed E-state index contributed by atoms with van der Waals surface area (Å²) in [5.41, 5.74) is 2.01. The molecule has 3 rings (SSSR count). The van der Waals surface area contributed by atoms with Crippen molar-refractivity contribution in [3.8, 4) is 11.1 Å². The van der Waals surface area contributed by atoms with Crippen LogP contribution in [0.5, 0.6) is 0 Å². The number of hydrogen-bond acceptors (Lipinski definition) is 4. The second kappa shape index (κ2) is 8.30. The largest absolute Gasteiger partial charge is 0.381 e. The SMILES string of the molecule is CN(CCCNc1c(-c2ccc(Cl)cc2)c(=O)c1=O)Cc1ccccc1. The minimum absolute atomic E-state index is 0.419. The van der Waals surface area contributed by atoms with E-state index < -0.39 is 10.9 Å². The summed E-state index contributed by atoms with van der Waals surface area (Å²) in [5, 5.41) is 3.73. The standard InChI is InChI=1S/C21H21ClN2O2/c1-24(14-15-6-3-2-4-7-15)13-5-12-23-19-18(20(25)21(19)26)16-8-10-17(22)11-9-16/h2-4,6-11,23H,5,12-14H2,1H3. The van der Waals surface area contributed by atoms with Gasteiger partial charge < -0.3 is 10.2 Å². The van der Waals surface area contributed by atoms with Crippen molar-refractivity contribution in [1.82, 2.24) is 4.90 Å². The van der Waals surface area contributed by atoms with E-state index in [1.54, 1.807) is 24.3 Å². The van der Waals surface area contributed by atoms with Crippen molar-refractivity contribution in [2.45, 2.75) is 13.0 Å². The fourth-order valence-electron chi connectivity index (χ4n) is 2.99. The van der Waals surface area contributed by atoms with Gasteiger partial charge in [0.05, 0.1) is 11.3 Å². The van der Waals surface area contributed by atoms with Crippen molar-refractivity contribution in [2.75, 3.05) is 25.5 Å². The maximum absolute atomic E-state index is 11.9. The van der Waals surface area contributed by atoms with E-state index in [1.165, 1.54) is 5.56 Å². The van der Waals surface area contributed by atoms with Crippen molar-refractivity contribution in [3.63, 3.8) is 0 Å². The third kappa shape index (κ3) is 4.21. The fraction of sp³-hybridized carbons (Fsp3) is 0.238. The predicted octanol–water partition coefficient (Wildman–Crippen LogP) is 3.54. The van der Waals surface area contributed by atoms with Crippen LogP contribution in [0.25, 0.3) is 11.1 Å². The summed E-state index contributed by atoms with van der Waals surface area (Å²) >= 11 is 5.88. The van der Waals surface area contributed by atoms with Crippen LogP contribution in [0.2, 0.25) is 5.02 Å². The van der Waals surface area contributed by atoms with E-state index in [0.717, 1.165) is 25.1 Å². The van der Waals surface area contributed by atoms with Crippen molar-refractivity contribution >= 4 is 17.3 Å². The third-order valence-electron chi connectivity index (χ3n) is 4.36. The molecule has 0 saturated carbocycles. The van der Waals surface area contributed by atoms with Crippen LogP contribution in [0.15, 0.2) is 64.2 Å². The van der Waals surface area contributed by atoms with Gasteiger partial charge in [-0.15, -0.1) is 0 Å². The highest BCUT2D eigenvalue weighted by Crippen LogP contribution is 2.24. The quantitative estimate of drug-likeness (QED) is 0.488. The molecule has 0 aliphatic carbocycles. The topological polar surface area (TPSA) is 49.4 Å². The van der Waals surface area contributed by atoms with Crippen LogP contribution in [0, 0.1) is 0 Å². The Bertz CT molecular complexity index is 929. The Morgan fingerprint density at radius 2 is 1.65 bits per heavy atom. The summed E-state index contributed by atoms with van der Waals surface area (Å²) in [5.74, 6) is 0. The van der Waals surface area contributed by atoms with Crippen LogP contribution in [0.1, 0.15) is 12.0 Å². The number of nitrogens with zero attached hydrogens (tertiary/aromatic N) is 1. The number of hydrogen-bond donors (Lipinski definition) is 1. The second-order valence-electron chi connectivity index (χ2n) is 6.42. The number of benzene rings is 2. The molecule has 5 heteroatoms. The molecule has 3 aromatic rings. The minimum atomic E-state index is -0.437. The smallest absolute Gasteiger partial charge is 0.250 e. The Balaban J connectivity index is 1.53. The first-order valence-corrected chi connectivity index (χ1v) is 8.99. The summed E-state index contributed by atoms with van der Waals surface area (Å²) in [7, 11) is 2.07. The first kappa shape index (κ1) is 18.4. The Kier molecular flexibility index (Phi) is 5.86. The van der Waals surface area contributed by atoms with Gasteiger partial charge in [-0.25, -0.2) is 0 Å². The van der Waals surface area contributed by atoms with Crippen molar-refractivity contribution < 1.29 is 0 Å². The molecule has 0 bridgehead atoms. The van der Waals surface area contributed by atoms with Crippen molar-refractivity contribution in [3.05, 3.63) is 85.6 Å². The highest BCUT2D eigenvalue weighted by molar-refractivity contribution is 6.30. The molecule has 26 heavy (non-hydrogen) atoms. The molecule has 0 aromatic heterocycles. The Morgan fingerprint density at radius 1 is 0.962 bits per heavy atom. The first-order valence-electron chi connectivity index (χ1n) is 8.62. The van der Waals surface area contributed by atoms with Gasteiger partial charge in [0.15, 0.2) is 0 Å². The number of rotatable bonds is 8. The van der Waals surface area contributed by atoms with Gasteiger partial charge in [-0.05, 0) is 43.3 Å². The van der Waals surface area contributed by atoms with Gasteiger partial charge in [0.2, 0.25) is 10.9 Å². The summed E-state index contributed by atoms with van der Waals surface area (Å²) < 4.78 is 0. The van der Waals surface area contributed by atoms with Gasteiger partial charge in [-0.2, -0.15) is 0 Å². The molecule has 0 aliphatic heterocycles. The molecule has 3 aromatic carbocycles. The first-order chi connectivity index (χ1) is 12.6. The maximum Gasteiger partial charge on any atom is 0.250 e. The second-order valence-corrected chi connectivity index (χ2v) is 6.86. The zero-order chi connectivity index (χ0) is 18.5. The molecule has 0 radical (unpaired) electrons. The lowest BCUT2D eigenvalue weighted by Crippen LogP contribution is -2.36. The average Bonchev–Trinajstić information content (AvgIpc) is 2.65. The zero-order valence-corrected chi connectivity index (χ0v) is 15.4. The zero-order valence-electron chi connectivity index (χ0n) is 14.7. The molecule has 0 heterocycles. The predicted molar refractivity (Wildman–Crippen MR) is 108 cm³/mol. The summed E-state index contributed by atoms with van der Waals surface area (Å²) in [6.45, 7) is 2.43. The monoisotopic (exact) mass is 368 g/mol. The van der Waals surface area contributed by atoms with Crippen LogP contribution in [-0.2, 0) is 6.54 Å². The van der Waals surface area contributed by atoms with E-state index in [9.17, 15) is 9.59 Å². The van der Waals surface area contributed by atoms with Gasteiger partial charge in [-0.1, -0.05) is 54.1 Å². The van der Waals surface area contributed by atoms with Crippen molar-refractivity contribution in [2.24, 2.45) is 0 Å². The van der Waals surface area contributed by atoms with Crippen LogP contribution in [-0.4, -0.2) is 25.0 Å². The Hall–Kier alpha value is -2.43. The minimum Gasteiger partial charge on any atom is -0.381 e. The molecular weight excluding hydrogens is 348 g/mol. The van der Waals surface area contributed by atoms with E-state index >= 15 is 0 Å². The summed E-state index contributed by atoms with van der Waals surface area (Å²) in [6, 6.07) is 17.3. The molecule has 0 aliphatic rings. The molecule has 0 unspecified atom stereocenters. The van der Waals surface area contributed by atoms with Crippen LogP contribution in [0.3, 0.4) is 0 Å². The molecular formula is C21H21ClN2O2. The number of halogens is 1. The van der Waals surface area contributed by atoms with Gasteiger partial charge >= 0.3 is 0 Å². The lowest BCUT2D eigenvalue weighted by Gasteiger charge is -2.18. The molecule has 0 amide bonds. The van der Waals surface area contributed by atoms with Crippen LogP contribution >= 0.6 is 11.6 Å². The summed E-state index contributed by atoms with van der Waals surface area (Å²) in [4.78, 5) is 26.0. The van der Waals surface area contributed by atoms with Gasteiger partial charge in [0.1, 0.15) is 0 Å². The van der Waals surface area contributed by atoms with E-state index in [-0.39, 0.29) is 0 Å². The highest BCUT2D eigenvalue weighted by Gasteiger charge is 2.21. The Morgan fingerprint density at radius 3 is 2.35 bits per heavy atom.